The summed E-state index contributed by atoms with van der Waals surface area (Å²) in [5.41, 5.74) is 4.25. The minimum atomic E-state index is -0.333. The molecular weight excluding hydrogens is 517 g/mol. The molecule has 1 spiro atoms. The van der Waals surface area contributed by atoms with E-state index in [2.05, 4.69) is 48.2 Å². The number of aliphatic imine (C=N–C) groups is 1. The van der Waals surface area contributed by atoms with Crippen LogP contribution in [0.1, 0.15) is 80.3 Å². The van der Waals surface area contributed by atoms with Crippen LogP contribution in [0.5, 0.6) is 0 Å². The van der Waals surface area contributed by atoms with Crippen molar-refractivity contribution in [3.05, 3.63) is 46.7 Å². The summed E-state index contributed by atoms with van der Waals surface area (Å²) in [6, 6.07) is 6.02. The molecule has 0 bridgehead atoms. The van der Waals surface area contributed by atoms with E-state index in [0.717, 1.165) is 62.5 Å². The van der Waals surface area contributed by atoms with Crippen LogP contribution in [-0.4, -0.2) is 91.2 Å². The van der Waals surface area contributed by atoms with Gasteiger partial charge in [0.05, 0.1) is 6.61 Å². The molecule has 2 saturated heterocycles. The van der Waals surface area contributed by atoms with Crippen molar-refractivity contribution >= 4 is 11.7 Å². The van der Waals surface area contributed by atoms with Crippen LogP contribution in [0.25, 0.3) is 0 Å². The van der Waals surface area contributed by atoms with Crippen LogP contribution in [0.3, 0.4) is 0 Å². The molecule has 7 nitrogen and oxygen atoms in total. The van der Waals surface area contributed by atoms with Gasteiger partial charge in [0.2, 0.25) is 0 Å². The maximum atomic E-state index is 13.0. The topological polar surface area (TPSA) is 60.4 Å². The lowest BCUT2D eigenvalue weighted by molar-refractivity contribution is -0.172. The third-order valence-electron chi connectivity index (χ3n) is 10.0. The van der Waals surface area contributed by atoms with Gasteiger partial charge in [-0.25, -0.2) is 4.39 Å². The van der Waals surface area contributed by atoms with Crippen molar-refractivity contribution < 1.29 is 14.0 Å². The number of hydrogen-bond acceptors (Lipinski definition) is 6. The Bertz CT molecular complexity index is 1100. The van der Waals surface area contributed by atoms with Crippen LogP contribution in [0.4, 0.5) is 4.39 Å². The van der Waals surface area contributed by atoms with Gasteiger partial charge < -0.3 is 10.2 Å². The van der Waals surface area contributed by atoms with Gasteiger partial charge in [0.1, 0.15) is 18.0 Å². The monoisotopic (exact) mass is 567 g/mol. The maximum absolute atomic E-state index is 13.0. The average molecular weight is 568 g/mol. The molecule has 1 aromatic rings. The lowest BCUT2D eigenvalue weighted by Gasteiger charge is -2.37. The predicted octanol–water partition coefficient (Wildman–Crippen LogP) is 5.15. The molecule has 0 radical (unpaired) electrons. The van der Waals surface area contributed by atoms with Crippen LogP contribution in [-0.2, 0) is 11.3 Å². The first kappa shape index (κ1) is 30.2. The van der Waals surface area contributed by atoms with E-state index >= 15 is 0 Å². The lowest BCUT2D eigenvalue weighted by atomic mass is 9.80. The Morgan fingerprint density at radius 1 is 1.12 bits per heavy atom. The Labute approximate surface area is 246 Å². The lowest BCUT2D eigenvalue weighted by Crippen LogP contribution is -2.49. The van der Waals surface area contributed by atoms with Gasteiger partial charge in [0.25, 0.3) is 5.91 Å². The second kappa shape index (κ2) is 13.8. The minimum absolute atomic E-state index is 0.0689. The Kier molecular flexibility index (Phi) is 10.1. The third kappa shape index (κ3) is 7.03. The van der Waals surface area contributed by atoms with E-state index in [9.17, 15) is 9.18 Å². The van der Waals surface area contributed by atoms with Crippen LogP contribution in [0.15, 0.2) is 35.0 Å². The van der Waals surface area contributed by atoms with E-state index in [1.54, 1.807) is 0 Å². The number of piperidine rings is 1. The zero-order valence-corrected chi connectivity index (χ0v) is 25.5. The molecule has 1 amide bonds. The van der Waals surface area contributed by atoms with Gasteiger partial charge in [-0.1, -0.05) is 25.5 Å². The van der Waals surface area contributed by atoms with Gasteiger partial charge >= 0.3 is 0 Å². The molecule has 8 heteroatoms. The highest BCUT2D eigenvalue weighted by atomic mass is 19.1. The first-order chi connectivity index (χ1) is 19.9. The molecule has 0 atom stereocenters. The van der Waals surface area contributed by atoms with Crippen molar-refractivity contribution in [1.29, 1.82) is 0 Å². The molecular formula is C33H50FN5O2. The maximum Gasteiger partial charge on any atom is 0.253 e. The van der Waals surface area contributed by atoms with Crippen LogP contribution >= 0.6 is 0 Å². The quantitative estimate of drug-likeness (QED) is 0.447. The van der Waals surface area contributed by atoms with Crippen LogP contribution in [0, 0.1) is 18.8 Å². The molecule has 0 aromatic heterocycles. The fourth-order valence-corrected chi connectivity index (χ4v) is 7.19. The summed E-state index contributed by atoms with van der Waals surface area (Å²) >= 11 is 0. The second-order valence-electron chi connectivity index (χ2n) is 12.5. The molecule has 5 rings (SSSR count). The summed E-state index contributed by atoms with van der Waals surface area (Å²) < 4.78 is 12.6. The number of alkyl halides is 1. The average Bonchev–Trinajstić information content (AvgIpc) is 3.37. The number of piperazine rings is 1. The van der Waals surface area contributed by atoms with Crippen molar-refractivity contribution in [3.63, 3.8) is 0 Å². The number of nitrogens with zero attached hydrogens (tertiary/aromatic N) is 4. The van der Waals surface area contributed by atoms with E-state index in [4.69, 9.17) is 9.83 Å². The highest BCUT2D eigenvalue weighted by molar-refractivity contribution is 5.94. The number of allylic oxidation sites excluding steroid dienone is 1. The van der Waals surface area contributed by atoms with Crippen molar-refractivity contribution in [1.82, 2.24) is 20.2 Å². The van der Waals surface area contributed by atoms with Gasteiger partial charge in [-0.2, -0.15) is 5.06 Å². The summed E-state index contributed by atoms with van der Waals surface area (Å²) in [5.74, 6) is 2.79. The van der Waals surface area contributed by atoms with Crippen molar-refractivity contribution in [3.8, 4) is 0 Å². The van der Waals surface area contributed by atoms with Gasteiger partial charge in [0, 0.05) is 63.0 Å². The van der Waals surface area contributed by atoms with Gasteiger partial charge in [0.15, 0.2) is 0 Å². The van der Waals surface area contributed by atoms with Gasteiger partial charge in [-0.3, -0.25) is 19.5 Å². The Morgan fingerprint density at radius 2 is 1.85 bits per heavy atom. The zero-order valence-electron chi connectivity index (χ0n) is 25.5. The van der Waals surface area contributed by atoms with Crippen molar-refractivity contribution in [2.75, 3.05) is 59.1 Å². The number of halogens is 1. The fraction of sp³-hybridized carbons (Fsp3) is 0.697. The summed E-state index contributed by atoms with van der Waals surface area (Å²) in [6.07, 6.45) is 11.5. The summed E-state index contributed by atoms with van der Waals surface area (Å²) in [6.45, 7) is 11.8. The van der Waals surface area contributed by atoms with Gasteiger partial charge in [-0.05, 0) is 88.0 Å². The number of nitrogens with one attached hydrogen (secondary N) is 1. The SMILES string of the molecule is CC=C1NC(C2CCC(CC)CC2)=NC12CCN(OCCc1ccc(C(=O)N3CCN(CCF)CC3)cc1C)CC2. The molecule has 226 valence electrons. The minimum Gasteiger partial charge on any atom is -0.345 e. The summed E-state index contributed by atoms with van der Waals surface area (Å²) in [5, 5.41) is 5.86. The number of carbonyl (C=O) groups is 1. The van der Waals surface area contributed by atoms with E-state index in [0.29, 0.717) is 32.2 Å². The molecule has 0 unspecified atom stereocenters. The number of amidine groups is 1. The Morgan fingerprint density at radius 3 is 2.49 bits per heavy atom. The molecule has 1 aliphatic carbocycles. The first-order valence-electron chi connectivity index (χ1n) is 16.0. The number of amides is 1. The summed E-state index contributed by atoms with van der Waals surface area (Å²) in [7, 11) is 0. The number of carbonyl (C=O) groups excluding carboxylic acids is 1. The first-order valence-corrected chi connectivity index (χ1v) is 16.0. The Hall–Kier alpha value is -2.29. The molecule has 1 aromatic carbocycles. The third-order valence-corrected chi connectivity index (χ3v) is 10.0. The number of hydrogen-bond donors (Lipinski definition) is 1. The number of hydroxylamine groups is 2. The van der Waals surface area contributed by atoms with Crippen molar-refractivity contribution in [2.24, 2.45) is 16.8 Å². The van der Waals surface area contributed by atoms with E-state index in [1.165, 1.54) is 49.2 Å². The smallest absolute Gasteiger partial charge is 0.253 e. The highest BCUT2D eigenvalue weighted by Gasteiger charge is 2.44. The van der Waals surface area contributed by atoms with Crippen LogP contribution < -0.4 is 5.32 Å². The fourth-order valence-electron chi connectivity index (χ4n) is 7.19. The number of aryl methyl sites for hydroxylation is 1. The van der Waals surface area contributed by atoms with Crippen molar-refractivity contribution in [2.45, 2.75) is 77.7 Å². The molecule has 1 N–H and O–H groups in total. The summed E-state index contributed by atoms with van der Waals surface area (Å²) in [4.78, 5) is 28.6. The molecule has 3 aliphatic heterocycles. The van der Waals surface area contributed by atoms with E-state index in [1.807, 2.05) is 17.0 Å². The van der Waals surface area contributed by atoms with E-state index in [-0.39, 0.29) is 18.1 Å². The number of benzene rings is 1. The Balaban J connectivity index is 1.08. The second-order valence-corrected chi connectivity index (χ2v) is 12.5. The van der Waals surface area contributed by atoms with E-state index < -0.39 is 0 Å². The molecule has 4 aliphatic rings. The number of rotatable bonds is 9. The molecule has 3 heterocycles. The highest BCUT2D eigenvalue weighted by Crippen LogP contribution is 2.40. The standard InChI is InChI=1S/C33H50FN5O2/c1-4-26-6-8-28(9-7-26)31-35-30(5-2)33(36-31)13-16-39(17-14-33)41-23-12-27-10-11-29(24-25(27)3)32(40)38-21-19-37(18-15-34)20-22-38/h5,10-11,24,26,28H,4,6-9,12-23H2,1-3H3,(H,35,36). The predicted molar refractivity (Wildman–Crippen MR) is 163 cm³/mol. The largest absolute Gasteiger partial charge is 0.345 e. The molecule has 41 heavy (non-hydrogen) atoms. The molecule has 1 saturated carbocycles. The zero-order chi connectivity index (χ0) is 28.8. The van der Waals surface area contributed by atoms with Crippen LogP contribution in [0.2, 0.25) is 0 Å². The van der Waals surface area contributed by atoms with Gasteiger partial charge in [-0.15, -0.1) is 0 Å². The molecule has 3 fully saturated rings. The normalized spacial score (nSPS) is 26.4.